The van der Waals surface area contributed by atoms with Crippen LogP contribution in [0.25, 0.3) is 22.8 Å². The Morgan fingerprint density at radius 3 is 2.43 bits per heavy atom. The molecule has 3 aromatic heterocycles. The Balaban J connectivity index is 1.43. The first-order valence-electron chi connectivity index (χ1n) is 11.0. The molecule has 37 heavy (non-hydrogen) atoms. The van der Waals surface area contributed by atoms with Gasteiger partial charge in [0.1, 0.15) is 24.0 Å². The Morgan fingerprint density at radius 1 is 0.973 bits per heavy atom. The molecule has 5 rings (SSSR count). The summed E-state index contributed by atoms with van der Waals surface area (Å²) in [6.45, 7) is 0.239. The molecule has 0 saturated carbocycles. The van der Waals surface area contributed by atoms with Crippen molar-refractivity contribution in [1.82, 2.24) is 0 Å². The fourth-order valence-electron chi connectivity index (χ4n) is 3.66. The quantitative estimate of drug-likeness (QED) is 0.186. The maximum Gasteiger partial charge on any atom is 0.238 e. The number of methoxy groups -OCH3 is 1. The zero-order valence-corrected chi connectivity index (χ0v) is 20.9. The Hall–Kier alpha value is -4.38. The molecule has 184 valence electrons. The van der Waals surface area contributed by atoms with E-state index in [0.29, 0.717) is 50.0 Å². The first-order valence-corrected chi connectivity index (χ1v) is 11.8. The van der Waals surface area contributed by atoms with Crippen LogP contribution in [0.2, 0.25) is 10.0 Å². The molecule has 0 N–H and O–H groups in total. The van der Waals surface area contributed by atoms with Crippen molar-refractivity contribution in [3.05, 3.63) is 99.9 Å². The monoisotopic (exact) mass is 532 g/mol. The molecule has 0 radical (unpaired) electrons. The summed E-state index contributed by atoms with van der Waals surface area (Å²) >= 11 is 12.2. The first-order chi connectivity index (χ1) is 18.1. The van der Waals surface area contributed by atoms with Gasteiger partial charge in [-0.25, -0.2) is 4.99 Å². The molecule has 0 aliphatic heterocycles. The third-order valence-electron chi connectivity index (χ3n) is 5.43. The normalized spacial score (nSPS) is 11.1. The van der Waals surface area contributed by atoms with E-state index in [0.717, 1.165) is 5.56 Å². The topological polar surface area (TPSA) is 94.0 Å². The summed E-state index contributed by atoms with van der Waals surface area (Å²) in [7, 11) is 1.55. The van der Waals surface area contributed by atoms with Gasteiger partial charge < -0.3 is 22.7 Å². The predicted molar refractivity (Wildman–Crippen MR) is 140 cm³/mol. The van der Waals surface area contributed by atoms with Crippen LogP contribution in [-0.4, -0.2) is 13.3 Å². The lowest BCUT2D eigenvalue weighted by Gasteiger charge is -2.12. The number of furan rings is 3. The zero-order valence-electron chi connectivity index (χ0n) is 19.4. The number of hydrogen-bond donors (Lipinski definition) is 0. The number of halogens is 2. The van der Waals surface area contributed by atoms with E-state index in [2.05, 4.69) is 11.1 Å². The Morgan fingerprint density at radius 2 is 1.76 bits per heavy atom. The maximum absolute atomic E-state index is 9.90. The van der Waals surface area contributed by atoms with Gasteiger partial charge in [-0.1, -0.05) is 29.3 Å². The third kappa shape index (κ3) is 5.12. The van der Waals surface area contributed by atoms with Crippen LogP contribution in [-0.2, 0) is 6.61 Å². The van der Waals surface area contributed by atoms with Crippen LogP contribution in [0, 0.1) is 11.3 Å². The van der Waals surface area contributed by atoms with Gasteiger partial charge >= 0.3 is 0 Å². The molecule has 9 heteroatoms. The Labute approximate surface area is 222 Å². The molecular formula is C28H18Cl2N2O5. The highest BCUT2D eigenvalue weighted by Gasteiger charge is 2.26. The van der Waals surface area contributed by atoms with Gasteiger partial charge in [0, 0.05) is 21.8 Å². The number of rotatable bonds is 8. The Bertz CT molecular complexity index is 1600. The number of aliphatic imine (C=N–C) groups is 1. The van der Waals surface area contributed by atoms with Crippen molar-refractivity contribution < 1.29 is 22.7 Å². The van der Waals surface area contributed by atoms with Gasteiger partial charge in [-0.15, -0.1) is 0 Å². The smallest absolute Gasteiger partial charge is 0.238 e. The number of nitrogens with zero attached hydrogens (tertiary/aromatic N) is 2. The molecule has 0 amide bonds. The average molecular weight is 533 g/mol. The molecule has 3 heterocycles. The molecule has 0 saturated heterocycles. The SMILES string of the molecule is COc1cc(C=Nc2oc(-c3ccco3)c(-c3ccco3)c2C#N)ccc1OCc1ccc(Cl)cc1Cl. The van der Waals surface area contributed by atoms with E-state index in [-0.39, 0.29) is 18.1 Å². The van der Waals surface area contributed by atoms with Gasteiger partial charge in [0.15, 0.2) is 23.0 Å². The predicted octanol–water partition coefficient (Wildman–Crippen LogP) is 8.32. The van der Waals surface area contributed by atoms with E-state index in [9.17, 15) is 5.26 Å². The molecule has 0 atom stereocenters. The van der Waals surface area contributed by atoms with Crippen LogP contribution in [0.4, 0.5) is 5.88 Å². The second-order valence-electron chi connectivity index (χ2n) is 7.75. The summed E-state index contributed by atoms with van der Waals surface area (Å²) in [5.41, 5.74) is 2.19. The minimum absolute atomic E-state index is 0.122. The van der Waals surface area contributed by atoms with Crippen LogP contribution >= 0.6 is 23.2 Å². The van der Waals surface area contributed by atoms with Crippen LogP contribution in [0.15, 0.2) is 91.4 Å². The van der Waals surface area contributed by atoms with Crippen LogP contribution in [0.3, 0.4) is 0 Å². The number of benzene rings is 2. The highest BCUT2D eigenvalue weighted by molar-refractivity contribution is 6.35. The lowest BCUT2D eigenvalue weighted by molar-refractivity contribution is 0.284. The van der Waals surface area contributed by atoms with Crippen molar-refractivity contribution in [2.45, 2.75) is 6.61 Å². The average Bonchev–Trinajstić information content (AvgIpc) is 3.67. The molecule has 0 unspecified atom stereocenters. The third-order valence-corrected chi connectivity index (χ3v) is 6.02. The molecular weight excluding hydrogens is 515 g/mol. The maximum atomic E-state index is 9.90. The van der Waals surface area contributed by atoms with E-state index >= 15 is 0 Å². The molecule has 7 nitrogen and oxygen atoms in total. The Kier molecular flexibility index (Phi) is 7.04. The van der Waals surface area contributed by atoms with Crippen molar-refractivity contribution in [2.75, 3.05) is 7.11 Å². The van der Waals surface area contributed by atoms with E-state index in [1.807, 2.05) is 6.07 Å². The largest absolute Gasteiger partial charge is 0.493 e. The van der Waals surface area contributed by atoms with Gasteiger partial charge in [0.25, 0.3) is 0 Å². The number of hydrogen-bond acceptors (Lipinski definition) is 7. The van der Waals surface area contributed by atoms with Crippen molar-refractivity contribution in [3.8, 4) is 40.4 Å². The molecule has 0 spiro atoms. The second kappa shape index (κ2) is 10.7. The van der Waals surface area contributed by atoms with Crippen LogP contribution in [0.5, 0.6) is 11.5 Å². The van der Waals surface area contributed by atoms with Gasteiger partial charge in [0.05, 0.1) is 25.2 Å². The van der Waals surface area contributed by atoms with E-state index in [4.69, 9.17) is 45.9 Å². The van der Waals surface area contributed by atoms with Crippen molar-refractivity contribution in [1.29, 1.82) is 5.26 Å². The van der Waals surface area contributed by atoms with Crippen molar-refractivity contribution in [2.24, 2.45) is 4.99 Å². The molecule has 0 fully saturated rings. The van der Waals surface area contributed by atoms with Crippen LogP contribution < -0.4 is 9.47 Å². The highest BCUT2D eigenvalue weighted by atomic mass is 35.5. The molecule has 0 aliphatic carbocycles. The fourth-order valence-corrected chi connectivity index (χ4v) is 4.13. The summed E-state index contributed by atoms with van der Waals surface area (Å²) < 4.78 is 28.4. The minimum Gasteiger partial charge on any atom is -0.493 e. The van der Waals surface area contributed by atoms with Crippen LogP contribution in [0.1, 0.15) is 16.7 Å². The van der Waals surface area contributed by atoms with Gasteiger partial charge in [-0.05, 0) is 60.2 Å². The standard InChI is InChI=1S/C28H18Cl2N2O5/c1-33-25-12-17(6-9-22(25)36-16-18-7-8-19(29)13-21(18)30)15-32-28-20(14-31)26(23-4-2-10-34-23)27(37-28)24-5-3-11-35-24/h2-13,15H,16H2,1H3. The highest BCUT2D eigenvalue weighted by Crippen LogP contribution is 2.43. The second-order valence-corrected chi connectivity index (χ2v) is 8.59. The summed E-state index contributed by atoms with van der Waals surface area (Å²) in [5.74, 6) is 2.43. The zero-order chi connectivity index (χ0) is 25.8. The van der Waals surface area contributed by atoms with Gasteiger partial charge in [-0.3, -0.25) is 0 Å². The number of nitriles is 1. The summed E-state index contributed by atoms with van der Waals surface area (Å²) in [5, 5.41) is 11.0. The van der Waals surface area contributed by atoms with E-state index in [1.165, 1.54) is 12.5 Å². The number of ether oxygens (including phenoxy) is 2. The molecule has 0 bridgehead atoms. The lowest BCUT2D eigenvalue weighted by Crippen LogP contribution is -1.99. The lowest BCUT2D eigenvalue weighted by atomic mass is 10.1. The molecule has 0 aliphatic rings. The van der Waals surface area contributed by atoms with E-state index < -0.39 is 0 Å². The summed E-state index contributed by atoms with van der Waals surface area (Å²) in [4.78, 5) is 4.44. The first kappa shape index (κ1) is 24.3. The summed E-state index contributed by atoms with van der Waals surface area (Å²) in [6, 6.07) is 19.7. The van der Waals surface area contributed by atoms with Gasteiger partial charge in [0.2, 0.25) is 5.88 Å². The van der Waals surface area contributed by atoms with Crippen molar-refractivity contribution >= 4 is 35.3 Å². The van der Waals surface area contributed by atoms with E-state index in [1.54, 1.807) is 67.9 Å². The molecule has 5 aromatic rings. The van der Waals surface area contributed by atoms with Crippen molar-refractivity contribution in [3.63, 3.8) is 0 Å². The van der Waals surface area contributed by atoms with Gasteiger partial charge in [-0.2, -0.15) is 5.26 Å². The fraction of sp³-hybridized carbons (Fsp3) is 0.0714. The summed E-state index contributed by atoms with van der Waals surface area (Å²) in [6.07, 6.45) is 4.62. The molecule has 2 aromatic carbocycles. The minimum atomic E-state index is 0.122.